The van der Waals surface area contributed by atoms with E-state index in [-0.39, 0.29) is 24.0 Å². The van der Waals surface area contributed by atoms with Gasteiger partial charge in [-0.2, -0.15) is 0 Å². The van der Waals surface area contributed by atoms with Gasteiger partial charge in [-0.3, -0.25) is 14.3 Å². The Morgan fingerprint density at radius 1 is 1.21 bits per heavy atom. The van der Waals surface area contributed by atoms with Crippen LogP contribution in [0.3, 0.4) is 0 Å². The van der Waals surface area contributed by atoms with Crippen molar-refractivity contribution in [3.8, 4) is 5.69 Å². The second-order valence-corrected chi connectivity index (χ2v) is 12.1. The molecule has 2 aliphatic carbocycles. The molecule has 0 N–H and O–H groups in total. The number of amides is 1. The van der Waals surface area contributed by atoms with Gasteiger partial charge in [-0.25, -0.2) is 4.39 Å². The van der Waals surface area contributed by atoms with Crippen LogP contribution in [0.15, 0.2) is 18.2 Å². The van der Waals surface area contributed by atoms with Crippen LogP contribution < -0.4 is 0 Å². The molecule has 7 rings (SSSR count). The summed E-state index contributed by atoms with van der Waals surface area (Å²) in [5.41, 5.74) is 0.941. The van der Waals surface area contributed by atoms with E-state index in [2.05, 4.69) is 31.5 Å². The number of halogens is 2. The summed E-state index contributed by atoms with van der Waals surface area (Å²) in [5, 5.41) is 9.86. The van der Waals surface area contributed by atoms with Gasteiger partial charge in [0.2, 0.25) is 5.91 Å². The first-order valence-corrected chi connectivity index (χ1v) is 12.6. The zero-order chi connectivity index (χ0) is 23.3. The SMILES string of the molecule is CC1(C(=O)N2CC3(CC(c4nnc5n4-c4ccc(Cl)cc4CN(CC4(F)COC4)C5)C3)C2)CC1. The van der Waals surface area contributed by atoms with Gasteiger partial charge < -0.3 is 9.64 Å². The highest BCUT2D eigenvalue weighted by Crippen LogP contribution is 2.58. The average molecular weight is 486 g/mol. The van der Waals surface area contributed by atoms with Gasteiger partial charge >= 0.3 is 0 Å². The number of rotatable bonds is 4. The maximum atomic E-state index is 14.9. The van der Waals surface area contributed by atoms with Crippen LogP contribution >= 0.6 is 11.6 Å². The molecule has 2 saturated carbocycles. The van der Waals surface area contributed by atoms with Crippen molar-refractivity contribution in [2.75, 3.05) is 32.8 Å². The number of benzene rings is 1. The molecule has 0 atom stereocenters. The van der Waals surface area contributed by atoms with Gasteiger partial charge in [-0.15, -0.1) is 10.2 Å². The third kappa shape index (κ3) is 3.25. The molecular weight excluding hydrogens is 457 g/mol. The summed E-state index contributed by atoms with van der Waals surface area (Å²) in [7, 11) is 0. The molecule has 5 aliphatic rings. The number of nitrogens with zero attached hydrogens (tertiary/aromatic N) is 5. The van der Waals surface area contributed by atoms with Crippen LogP contribution in [0.5, 0.6) is 0 Å². The molecule has 1 amide bonds. The summed E-state index contributed by atoms with van der Waals surface area (Å²) in [6, 6.07) is 5.90. The molecule has 3 aliphatic heterocycles. The van der Waals surface area contributed by atoms with Gasteiger partial charge in [0.1, 0.15) is 5.82 Å². The normalized spacial score (nSPS) is 26.0. The van der Waals surface area contributed by atoms with Crippen molar-refractivity contribution in [2.45, 2.75) is 57.3 Å². The quantitative estimate of drug-likeness (QED) is 0.663. The van der Waals surface area contributed by atoms with Crippen molar-refractivity contribution < 1.29 is 13.9 Å². The first-order valence-electron chi connectivity index (χ1n) is 12.3. The van der Waals surface area contributed by atoms with E-state index >= 15 is 0 Å². The molecule has 2 saturated heterocycles. The van der Waals surface area contributed by atoms with Crippen molar-refractivity contribution in [3.05, 3.63) is 40.4 Å². The third-order valence-electron chi connectivity index (χ3n) is 8.61. The summed E-state index contributed by atoms with van der Waals surface area (Å²) >= 11 is 6.35. The minimum atomic E-state index is -1.30. The first kappa shape index (κ1) is 21.3. The lowest BCUT2D eigenvalue weighted by atomic mass is 9.57. The van der Waals surface area contributed by atoms with E-state index in [0.29, 0.717) is 36.5 Å². The van der Waals surface area contributed by atoms with Crippen LogP contribution in [0.2, 0.25) is 5.02 Å². The van der Waals surface area contributed by atoms with Crippen LogP contribution in [0, 0.1) is 10.8 Å². The summed E-state index contributed by atoms with van der Waals surface area (Å²) in [6.07, 6.45) is 4.12. The van der Waals surface area contributed by atoms with Crippen molar-refractivity contribution in [1.82, 2.24) is 24.6 Å². The number of fused-ring (bicyclic) bond motifs is 3. The van der Waals surface area contributed by atoms with Gasteiger partial charge in [-0.05, 0) is 49.4 Å². The van der Waals surface area contributed by atoms with Crippen molar-refractivity contribution in [3.63, 3.8) is 0 Å². The monoisotopic (exact) mass is 485 g/mol. The van der Waals surface area contributed by atoms with Crippen LogP contribution in [0.25, 0.3) is 5.69 Å². The van der Waals surface area contributed by atoms with Crippen LogP contribution in [-0.2, 0) is 22.6 Å². The van der Waals surface area contributed by atoms with E-state index in [1.165, 1.54) is 0 Å². The average Bonchev–Trinajstić information content (AvgIpc) is 3.38. The Labute approximate surface area is 203 Å². The predicted octanol–water partition coefficient (Wildman–Crippen LogP) is 3.48. The standard InChI is InChI=1S/C25H29ClFN5O2/c1-23(4-5-23)22(33)31-11-24(12-31)7-17(8-24)21-29-28-20-10-30(13-25(27)14-34-15-25)9-16-6-18(26)2-3-19(16)32(20)21/h2-3,6,17H,4-5,7-15H2,1H3. The highest BCUT2D eigenvalue weighted by molar-refractivity contribution is 6.30. The van der Waals surface area contributed by atoms with E-state index in [1.54, 1.807) is 0 Å². The van der Waals surface area contributed by atoms with Gasteiger partial charge in [0.25, 0.3) is 0 Å². The molecule has 0 unspecified atom stereocenters. The molecule has 2 aromatic rings. The predicted molar refractivity (Wildman–Crippen MR) is 123 cm³/mol. The largest absolute Gasteiger partial charge is 0.375 e. The molecular formula is C25H29ClFN5O2. The molecule has 1 spiro atoms. The number of hydrogen-bond acceptors (Lipinski definition) is 5. The summed E-state index contributed by atoms with van der Waals surface area (Å²) in [6.45, 7) is 5.57. The van der Waals surface area contributed by atoms with Gasteiger partial charge in [0, 0.05) is 47.9 Å². The second-order valence-electron chi connectivity index (χ2n) is 11.7. The van der Waals surface area contributed by atoms with Crippen LogP contribution in [0.4, 0.5) is 4.39 Å². The second kappa shape index (κ2) is 7.02. The molecule has 1 aromatic heterocycles. The third-order valence-corrected chi connectivity index (χ3v) is 8.84. The van der Waals surface area contributed by atoms with Gasteiger partial charge in [0.15, 0.2) is 11.5 Å². The fourth-order valence-corrected chi connectivity index (χ4v) is 6.59. The van der Waals surface area contributed by atoms with E-state index < -0.39 is 5.67 Å². The Hall–Kier alpha value is -2.03. The highest BCUT2D eigenvalue weighted by Gasteiger charge is 2.58. The Morgan fingerprint density at radius 2 is 1.97 bits per heavy atom. The minimum Gasteiger partial charge on any atom is -0.375 e. The number of alkyl halides is 1. The maximum absolute atomic E-state index is 14.9. The Bertz CT molecular complexity index is 1180. The van der Waals surface area contributed by atoms with Gasteiger partial charge in [-0.1, -0.05) is 18.5 Å². The zero-order valence-corrected chi connectivity index (χ0v) is 20.2. The van der Waals surface area contributed by atoms with E-state index in [0.717, 1.165) is 61.7 Å². The molecule has 34 heavy (non-hydrogen) atoms. The molecule has 9 heteroatoms. The van der Waals surface area contributed by atoms with Crippen LogP contribution in [0.1, 0.15) is 55.7 Å². The maximum Gasteiger partial charge on any atom is 0.228 e. The molecule has 0 bridgehead atoms. The first-order chi connectivity index (χ1) is 16.2. The molecule has 0 radical (unpaired) electrons. The number of carbonyl (C=O) groups excluding carboxylic acids is 1. The minimum absolute atomic E-state index is 0.0876. The molecule has 1 aromatic carbocycles. The molecule has 180 valence electrons. The number of hydrogen-bond donors (Lipinski definition) is 0. The molecule has 7 nitrogen and oxygen atoms in total. The van der Waals surface area contributed by atoms with E-state index in [1.807, 2.05) is 18.2 Å². The Kier molecular flexibility index (Phi) is 4.39. The van der Waals surface area contributed by atoms with Gasteiger partial charge in [0.05, 0.1) is 25.4 Å². The smallest absolute Gasteiger partial charge is 0.228 e. The summed E-state index contributed by atoms with van der Waals surface area (Å²) in [5.74, 6) is 2.48. The summed E-state index contributed by atoms with van der Waals surface area (Å²) in [4.78, 5) is 16.8. The zero-order valence-electron chi connectivity index (χ0n) is 19.4. The van der Waals surface area contributed by atoms with E-state index in [9.17, 15) is 9.18 Å². The fraction of sp³-hybridized carbons (Fsp3) is 0.640. The summed E-state index contributed by atoms with van der Waals surface area (Å²) < 4.78 is 22.2. The van der Waals surface area contributed by atoms with E-state index in [4.69, 9.17) is 16.3 Å². The fourth-order valence-electron chi connectivity index (χ4n) is 6.40. The highest BCUT2D eigenvalue weighted by atomic mass is 35.5. The number of ether oxygens (including phenoxy) is 1. The molecule has 4 fully saturated rings. The van der Waals surface area contributed by atoms with Crippen molar-refractivity contribution in [1.29, 1.82) is 0 Å². The lowest BCUT2D eigenvalue weighted by molar-refractivity contribution is -0.157. The lowest BCUT2D eigenvalue weighted by Crippen LogP contribution is -2.64. The van der Waals surface area contributed by atoms with Crippen LogP contribution in [-0.4, -0.2) is 69.0 Å². The molecule has 4 heterocycles. The van der Waals surface area contributed by atoms with Crippen molar-refractivity contribution >= 4 is 17.5 Å². The number of likely N-dealkylation sites (tertiary alicyclic amines) is 1. The number of aromatic nitrogens is 3. The number of carbonyl (C=O) groups is 1. The van der Waals surface area contributed by atoms with Crippen molar-refractivity contribution in [2.24, 2.45) is 10.8 Å². The Morgan fingerprint density at radius 3 is 2.65 bits per heavy atom. The topological polar surface area (TPSA) is 63.5 Å². The Balaban J connectivity index is 1.13. The lowest BCUT2D eigenvalue weighted by Gasteiger charge is -2.59.